The maximum absolute atomic E-state index is 11.8. The summed E-state index contributed by atoms with van der Waals surface area (Å²) in [4.78, 5) is 39.6. The van der Waals surface area contributed by atoms with Gasteiger partial charge in [0.25, 0.3) is 5.56 Å². The molecule has 12 nitrogen and oxygen atoms in total. The first-order valence-electron chi connectivity index (χ1n) is 6.61. The third-order valence-corrected chi connectivity index (χ3v) is 5.74. The fourth-order valence-corrected chi connectivity index (χ4v) is 4.04. The number of anilines is 1. The van der Waals surface area contributed by atoms with Crippen molar-refractivity contribution in [3.05, 3.63) is 16.7 Å². The van der Waals surface area contributed by atoms with Crippen LogP contribution >= 0.6 is 18.2 Å². The second-order valence-corrected chi connectivity index (χ2v) is 8.88. The molecule has 2 aromatic heterocycles. The Kier molecular flexibility index (Phi) is 4.42. The smallest absolute Gasteiger partial charge is 0.384 e. The lowest BCUT2D eigenvalue weighted by Gasteiger charge is -2.16. The van der Waals surface area contributed by atoms with Gasteiger partial charge in [-0.3, -0.25) is 14.3 Å². The summed E-state index contributed by atoms with van der Waals surface area (Å²) in [5.74, 6) is -0.391. The van der Waals surface area contributed by atoms with Crippen LogP contribution in [0, 0.1) is 0 Å². The molecule has 0 aliphatic carbocycles. The fraction of sp³-hybridized carbons (Fsp3) is 0.500. The van der Waals surface area contributed by atoms with Crippen molar-refractivity contribution < 1.29 is 29.3 Å². The summed E-state index contributed by atoms with van der Waals surface area (Å²) in [7, 11) is 0. The number of aliphatic hydroxyl groups is 2. The number of nitrogens with zero attached hydrogens (tertiary/aromatic N) is 3. The van der Waals surface area contributed by atoms with E-state index in [4.69, 9.17) is 20.3 Å². The van der Waals surface area contributed by atoms with E-state index < -0.39 is 36.9 Å². The molecule has 0 amide bonds. The molecule has 24 heavy (non-hydrogen) atoms. The van der Waals surface area contributed by atoms with E-state index in [0.717, 1.165) is 0 Å². The molecule has 1 saturated heterocycles. The van der Waals surface area contributed by atoms with Crippen LogP contribution in [-0.2, 0) is 9.30 Å². The molecule has 132 valence electrons. The van der Waals surface area contributed by atoms with Gasteiger partial charge in [0.15, 0.2) is 17.4 Å². The first-order chi connectivity index (χ1) is 11.2. The normalized spacial score (nSPS) is 27.8. The largest absolute Gasteiger partial charge is 0.387 e. The number of imidazole rings is 1. The summed E-state index contributed by atoms with van der Waals surface area (Å²) >= 11 is 0.299. The third kappa shape index (κ3) is 3.19. The first kappa shape index (κ1) is 17.4. The molecular weight excluding hydrogens is 365 g/mol. The van der Waals surface area contributed by atoms with Crippen LogP contribution < -0.4 is 11.3 Å². The molecule has 7 N–H and O–H groups in total. The Morgan fingerprint density at radius 3 is 2.79 bits per heavy atom. The summed E-state index contributed by atoms with van der Waals surface area (Å²) in [5, 5.41) is 20.2. The SMILES string of the molecule is Nc1nc2c(ncn2[C@@H]2O[C@H](CSP(=O)(O)O)[C@@H](O)[C@H]2O)c(=O)[nH]1. The van der Waals surface area contributed by atoms with Gasteiger partial charge in [-0.05, 0) is 11.4 Å². The van der Waals surface area contributed by atoms with Crippen molar-refractivity contribution in [1.82, 2.24) is 19.5 Å². The highest BCUT2D eigenvalue weighted by Crippen LogP contribution is 2.51. The summed E-state index contributed by atoms with van der Waals surface area (Å²) in [6, 6.07) is 0. The Morgan fingerprint density at radius 2 is 2.12 bits per heavy atom. The maximum Gasteiger partial charge on any atom is 0.384 e. The van der Waals surface area contributed by atoms with Crippen LogP contribution in [0.25, 0.3) is 11.2 Å². The Balaban J connectivity index is 1.90. The standard InChI is InChI=1S/C10H14N5O7PS/c11-10-13-7-4(8(18)14-10)12-2-15(7)9-6(17)5(16)3(22-9)1-24-23(19,20)21/h2-3,5-6,9,16-17H,1H2,(H2,19,20,21)(H3,11,13,14,18)/t3-,5-,6-,9-/m1/s1. The minimum Gasteiger partial charge on any atom is -0.387 e. The highest BCUT2D eigenvalue weighted by Gasteiger charge is 2.45. The number of nitrogens with one attached hydrogen (secondary N) is 1. The molecule has 0 aromatic carbocycles. The molecule has 0 radical (unpaired) electrons. The van der Waals surface area contributed by atoms with Gasteiger partial charge in [0.1, 0.15) is 12.2 Å². The van der Waals surface area contributed by atoms with Gasteiger partial charge in [-0.1, -0.05) is 0 Å². The predicted molar refractivity (Wildman–Crippen MR) is 83.0 cm³/mol. The van der Waals surface area contributed by atoms with Crippen molar-refractivity contribution in [3.8, 4) is 0 Å². The number of fused-ring (bicyclic) bond motifs is 1. The third-order valence-electron chi connectivity index (χ3n) is 3.47. The van der Waals surface area contributed by atoms with E-state index in [9.17, 15) is 19.6 Å². The van der Waals surface area contributed by atoms with Gasteiger partial charge in [0.2, 0.25) is 5.95 Å². The Bertz CT molecular complexity index is 865. The highest BCUT2D eigenvalue weighted by atomic mass is 32.7. The van der Waals surface area contributed by atoms with Gasteiger partial charge in [0.05, 0.1) is 12.4 Å². The zero-order valence-corrected chi connectivity index (χ0v) is 13.6. The van der Waals surface area contributed by atoms with Gasteiger partial charge in [-0.15, -0.1) is 0 Å². The lowest BCUT2D eigenvalue weighted by atomic mass is 10.1. The molecule has 3 rings (SSSR count). The first-order valence-corrected chi connectivity index (χ1v) is 9.81. The van der Waals surface area contributed by atoms with Crippen LogP contribution in [0.1, 0.15) is 6.23 Å². The molecule has 1 aliphatic rings. The van der Waals surface area contributed by atoms with Crippen LogP contribution in [0.15, 0.2) is 11.1 Å². The van der Waals surface area contributed by atoms with Crippen LogP contribution in [0.3, 0.4) is 0 Å². The zero-order chi connectivity index (χ0) is 17.6. The second kappa shape index (κ2) is 6.11. The van der Waals surface area contributed by atoms with E-state index in [1.54, 1.807) is 0 Å². The minimum absolute atomic E-state index is 0.0254. The quantitative estimate of drug-likeness (QED) is 0.326. The van der Waals surface area contributed by atoms with Gasteiger partial charge in [-0.25, -0.2) is 9.55 Å². The summed E-state index contributed by atoms with van der Waals surface area (Å²) in [6.07, 6.45) is -3.76. The molecular formula is C10H14N5O7PS. The highest BCUT2D eigenvalue weighted by molar-refractivity contribution is 8.54. The van der Waals surface area contributed by atoms with Crippen molar-refractivity contribution in [2.24, 2.45) is 0 Å². The number of hydrogen-bond acceptors (Lipinski definition) is 9. The number of rotatable bonds is 4. The van der Waals surface area contributed by atoms with Gasteiger partial charge >= 0.3 is 6.80 Å². The average molecular weight is 379 g/mol. The van der Waals surface area contributed by atoms with Gasteiger partial charge in [0, 0.05) is 5.75 Å². The lowest BCUT2D eigenvalue weighted by molar-refractivity contribution is -0.0288. The fourth-order valence-electron chi connectivity index (χ4n) is 2.40. The molecule has 0 spiro atoms. The van der Waals surface area contributed by atoms with Gasteiger partial charge in [-0.2, -0.15) is 4.98 Å². The van der Waals surface area contributed by atoms with Crippen LogP contribution in [0.5, 0.6) is 0 Å². The van der Waals surface area contributed by atoms with E-state index in [1.807, 2.05) is 0 Å². The molecule has 4 atom stereocenters. The molecule has 0 unspecified atom stereocenters. The Hall–Kier alpha value is -1.47. The van der Waals surface area contributed by atoms with Crippen LogP contribution in [0.4, 0.5) is 5.95 Å². The molecule has 1 fully saturated rings. The Labute approximate surface area is 137 Å². The van der Waals surface area contributed by atoms with Crippen molar-refractivity contribution in [2.75, 3.05) is 11.5 Å². The van der Waals surface area contributed by atoms with E-state index in [2.05, 4.69) is 15.0 Å². The number of nitrogen functional groups attached to an aromatic ring is 1. The minimum atomic E-state index is -4.35. The number of aliphatic hydroxyl groups excluding tert-OH is 2. The monoisotopic (exact) mass is 379 g/mol. The van der Waals surface area contributed by atoms with Crippen LogP contribution in [0.2, 0.25) is 0 Å². The number of aromatic amines is 1. The number of ether oxygens (including phenoxy) is 1. The number of aromatic nitrogens is 4. The summed E-state index contributed by atoms with van der Waals surface area (Å²) in [6.45, 7) is -4.35. The van der Waals surface area contributed by atoms with Gasteiger partial charge < -0.3 is 30.5 Å². The summed E-state index contributed by atoms with van der Waals surface area (Å²) < 4.78 is 17.6. The second-order valence-electron chi connectivity index (χ2n) is 5.11. The lowest BCUT2D eigenvalue weighted by Crippen LogP contribution is -2.32. The van der Waals surface area contributed by atoms with E-state index in [-0.39, 0.29) is 22.9 Å². The molecule has 2 aromatic rings. The van der Waals surface area contributed by atoms with E-state index in [0.29, 0.717) is 11.4 Å². The van der Waals surface area contributed by atoms with Crippen molar-refractivity contribution in [3.63, 3.8) is 0 Å². The molecule has 0 bridgehead atoms. The van der Waals surface area contributed by atoms with Crippen LogP contribution in [-0.4, -0.2) is 63.6 Å². The maximum atomic E-state index is 11.8. The zero-order valence-electron chi connectivity index (χ0n) is 11.9. The topological polar surface area (TPSA) is 197 Å². The predicted octanol–water partition coefficient (Wildman–Crippen LogP) is -1.85. The number of H-pyrrole nitrogens is 1. The van der Waals surface area contributed by atoms with Crippen molar-refractivity contribution in [2.45, 2.75) is 24.5 Å². The molecule has 14 heteroatoms. The number of nitrogens with two attached hydrogens (primary N) is 1. The number of hydrogen-bond donors (Lipinski definition) is 6. The van der Waals surface area contributed by atoms with E-state index in [1.165, 1.54) is 10.9 Å². The molecule has 3 heterocycles. The average Bonchev–Trinajstić information content (AvgIpc) is 3.00. The van der Waals surface area contributed by atoms with Crippen molar-refractivity contribution >= 4 is 35.3 Å². The summed E-state index contributed by atoms with van der Waals surface area (Å²) in [5.41, 5.74) is 4.94. The molecule has 1 aliphatic heterocycles. The van der Waals surface area contributed by atoms with Crippen molar-refractivity contribution in [1.29, 1.82) is 0 Å². The Morgan fingerprint density at radius 1 is 1.42 bits per heavy atom. The van der Waals surface area contributed by atoms with E-state index >= 15 is 0 Å². The molecule has 0 saturated carbocycles.